The van der Waals surface area contributed by atoms with Crippen molar-refractivity contribution in [2.24, 2.45) is 5.41 Å². The van der Waals surface area contributed by atoms with Crippen LogP contribution in [-0.2, 0) is 19.6 Å². The van der Waals surface area contributed by atoms with Crippen LogP contribution in [0.25, 0.3) is 10.4 Å². The normalized spacial score (nSPS) is 21.7. The minimum absolute atomic E-state index is 0.0250. The molecule has 2 N–H and O–H groups in total. The molecule has 234 valence electrons. The van der Waals surface area contributed by atoms with Crippen molar-refractivity contribution >= 4 is 44.7 Å². The Labute approximate surface area is 262 Å². The van der Waals surface area contributed by atoms with Crippen molar-refractivity contribution in [1.29, 1.82) is 0 Å². The number of aromatic carboxylic acids is 1. The minimum atomic E-state index is -4.05. The molecule has 3 aliphatic rings. The number of benzene rings is 1. The lowest BCUT2D eigenvalue weighted by Crippen LogP contribution is -2.63. The lowest BCUT2D eigenvalue weighted by atomic mass is 9.69. The quantitative estimate of drug-likeness (QED) is 0.332. The van der Waals surface area contributed by atoms with Gasteiger partial charge in [-0.05, 0) is 54.9 Å². The lowest BCUT2D eigenvalue weighted by Gasteiger charge is -2.50. The number of thiophene rings is 1. The molecule has 0 spiro atoms. The Morgan fingerprint density at radius 2 is 1.82 bits per heavy atom. The summed E-state index contributed by atoms with van der Waals surface area (Å²) in [6.07, 6.45) is 7.72. The van der Waals surface area contributed by atoms with Crippen LogP contribution in [0.15, 0.2) is 59.6 Å². The standard InChI is InChI=1S/C32H38N4O6S2/c1-32(14-6-3-7-15-32)27-20-35(44(40,41)24-10-11-28(33-19-24)34-23-12-16-42-17-13-23)21-29(37)36(27)25-18-26(43-30(25)31(38)39)22-8-4-2-5-9-22/h2,4-5,8-11,18-19,23,27H,3,6-7,12-17,20-21H2,1H3,(H,33,34)(H,38,39). The third kappa shape index (κ3) is 6.13. The molecule has 4 heterocycles. The van der Waals surface area contributed by atoms with Crippen LogP contribution in [0.3, 0.4) is 0 Å². The Kier molecular flexibility index (Phi) is 8.78. The highest BCUT2D eigenvalue weighted by Gasteiger charge is 2.49. The van der Waals surface area contributed by atoms with E-state index >= 15 is 0 Å². The number of nitrogens with zero attached hydrogens (tertiary/aromatic N) is 3. The van der Waals surface area contributed by atoms with E-state index in [1.54, 1.807) is 17.0 Å². The number of piperazine rings is 1. The molecule has 6 rings (SSSR count). The summed E-state index contributed by atoms with van der Waals surface area (Å²) < 4.78 is 34.6. The average molecular weight is 639 g/mol. The van der Waals surface area contributed by atoms with Gasteiger partial charge in [-0.15, -0.1) is 11.3 Å². The maximum absolute atomic E-state index is 14.1. The molecule has 2 aliphatic heterocycles. The molecule has 0 radical (unpaired) electrons. The van der Waals surface area contributed by atoms with Crippen LogP contribution in [0.1, 0.15) is 61.5 Å². The second kappa shape index (κ2) is 12.6. The largest absolute Gasteiger partial charge is 0.477 e. The molecule has 12 heteroatoms. The number of rotatable bonds is 8. The summed E-state index contributed by atoms with van der Waals surface area (Å²) in [6, 6.07) is 14.1. The fourth-order valence-electron chi connectivity index (χ4n) is 6.73. The molecule has 3 fully saturated rings. The summed E-state index contributed by atoms with van der Waals surface area (Å²) in [5, 5.41) is 13.6. The van der Waals surface area contributed by atoms with Gasteiger partial charge in [-0.3, -0.25) is 4.79 Å². The SMILES string of the molecule is CC1(C2CN(S(=O)(=O)c3ccc(NC4CCOCC4)nc3)CC(=O)N2c2cc(-c3ccccc3)sc2C(=O)O)CCCCC1. The van der Waals surface area contributed by atoms with E-state index in [9.17, 15) is 23.1 Å². The van der Waals surface area contributed by atoms with Crippen molar-refractivity contribution in [3.05, 3.63) is 59.6 Å². The van der Waals surface area contributed by atoms with Crippen LogP contribution < -0.4 is 10.2 Å². The Morgan fingerprint density at radius 1 is 1.09 bits per heavy atom. The maximum atomic E-state index is 14.1. The number of ether oxygens (including phenoxy) is 1. The smallest absolute Gasteiger partial charge is 0.348 e. The number of sulfonamides is 1. The Bertz CT molecular complexity index is 1600. The highest BCUT2D eigenvalue weighted by atomic mass is 32.2. The van der Waals surface area contributed by atoms with E-state index in [0.29, 0.717) is 24.7 Å². The highest BCUT2D eigenvalue weighted by molar-refractivity contribution is 7.89. The number of carbonyl (C=O) groups is 2. The van der Waals surface area contributed by atoms with Gasteiger partial charge in [0.2, 0.25) is 15.9 Å². The summed E-state index contributed by atoms with van der Waals surface area (Å²) >= 11 is 1.13. The summed E-state index contributed by atoms with van der Waals surface area (Å²) in [5.41, 5.74) is 0.815. The van der Waals surface area contributed by atoms with Crippen LogP contribution in [0, 0.1) is 5.41 Å². The van der Waals surface area contributed by atoms with E-state index in [2.05, 4.69) is 17.2 Å². The molecule has 10 nitrogen and oxygen atoms in total. The first-order valence-corrected chi connectivity index (χ1v) is 17.5. The Morgan fingerprint density at radius 3 is 2.48 bits per heavy atom. The number of nitrogens with one attached hydrogen (secondary N) is 1. The Balaban J connectivity index is 1.32. The summed E-state index contributed by atoms with van der Waals surface area (Å²) in [7, 11) is -4.05. The predicted molar refractivity (Wildman–Crippen MR) is 170 cm³/mol. The number of hydrogen-bond donors (Lipinski definition) is 2. The second-order valence-corrected chi connectivity index (χ2v) is 15.2. The molecule has 0 bridgehead atoms. The molecule has 1 amide bonds. The number of carboxylic acids is 1. The average Bonchev–Trinajstić information content (AvgIpc) is 3.48. The molecule has 1 aromatic carbocycles. The van der Waals surface area contributed by atoms with E-state index in [0.717, 1.165) is 66.7 Å². The van der Waals surface area contributed by atoms with Crippen LogP contribution >= 0.6 is 11.3 Å². The van der Waals surface area contributed by atoms with Gasteiger partial charge in [0, 0.05) is 36.9 Å². The van der Waals surface area contributed by atoms with Crippen molar-refractivity contribution in [2.75, 3.05) is 36.5 Å². The van der Waals surface area contributed by atoms with Crippen molar-refractivity contribution in [1.82, 2.24) is 9.29 Å². The molecule has 1 saturated carbocycles. The molecule has 2 saturated heterocycles. The highest BCUT2D eigenvalue weighted by Crippen LogP contribution is 2.47. The van der Waals surface area contributed by atoms with Gasteiger partial charge in [-0.25, -0.2) is 18.2 Å². The van der Waals surface area contributed by atoms with Gasteiger partial charge in [0.1, 0.15) is 15.6 Å². The van der Waals surface area contributed by atoms with Gasteiger partial charge < -0.3 is 20.1 Å². The number of anilines is 2. The molecule has 3 aromatic rings. The van der Waals surface area contributed by atoms with Crippen LogP contribution in [0.2, 0.25) is 0 Å². The summed E-state index contributed by atoms with van der Waals surface area (Å²) in [5.74, 6) is -0.942. The number of hydrogen-bond acceptors (Lipinski definition) is 8. The molecule has 2 aromatic heterocycles. The van der Waals surface area contributed by atoms with Crippen molar-refractivity contribution in [2.45, 2.75) is 68.8 Å². The van der Waals surface area contributed by atoms with Gasteiger partial charge >= 0.3 is 5.97 Å². The number of carbonyl (C=O) groups excluding carboxylic acids is 1. The number of aromatic nitrogens is 1. The fraction of sp³-hybridized carbons (Fsp3) is 0.469. The van der Waals surface area contributed by atoms with E-state index in [1.807, 2.05) is 30.3 Å². The van der Waals surface area contributed by atoms with Crippen LogP contribution in [0.4, 0.5) is 11.5 Å². The van der Waals surface area contributed by atoms with E-state index in [1.165, 1.54) is 16.6 Å². The van der Waals surface area contributed by atoms with E-state index in [4.69, 9.17) is 4.74 Å². The molecular formula is C32H38N4O6S2. The molecule has 44 heavy (non-hydrogen) atoms. The zero-order chi connectivity index (χ0) is 30.9. The molecule has 1 unspecified atom stereocenters. The monoisotopic (exact) mass is 638 g/mol. The van der Waals surface area contributed by atoms with Gasteiger partial charge in [0.25, 0.3) is 0 Å². The first-order chi connectivity index (χ1) is 21.2. The van der Waals surface area contributed by atoms with Crippen LogP contribution in [0.5, 0.6) is 0 Å². The topological polar surface area (TPSA) is 129 Å². The number of amides is 1. The second-order valence-electron chi connectivity index (χ2n) is 12.2. The Hall–Kier alpha value is -3.32. The van der Waals surface area contributed by atoms with Crippen molar-refractivity contribution in [3.8, 4) is 10.4 Å². The molecule has 1 aliphatic carbocycles. The van der Waals surface area contributed by atoms with Gasteiger partial charge in [0.05, 0.1) is 18.3 Å². The zero-order valence-electron chi connectivity index (χ0n) is 24.8. The summed E-state index contributed by atoms with van der Waals surface area (Å²) in [6.45, 7) is 3.15. The minimum Gasteiger partial charge on any atom is -0.477 e. The first-order valence-electron chi connectivity index (χ1n) is 15.2. The maximum Gasteiger partial charge on any atom is 0.348 e. The lowest BCUT2D eigenvalue weighted by molar-refractivity contribution is -0.122. The third-order valence-electron chi connectivity index (χ3n) is 9.24. The first kappa shape index (κ1) is 30.7. The van der Waals surface area contributed by atoms with Gasteiger partial charge in [-0.1, -0.05) is 56.5 Å². The van der Waals surface area contributed by atoms with E-state index in [-0.39, 0.29) is 34.3 Å². The predicted octanol–water partition coefficient (Wildman–Crippen LogP) is 5.48. The fourth-order valence-corrected chi connectivity index (χ4v) is 9.06. The molecular weight excluding hydrogens is 601 g/mol. The van der Waals surface area contributed by atoms with E-state index < -0.39 is 27.9 Å². The van der Waals surface area contributed by atoms with Gasteiger partial charge in [0.15, 0.2) is 0 Å². The van der Waals surface area contributed by atoms with Crippen molar-refractivity contribution in [3.63, 3.8) is 0 Å². The van der Waals surface area contributed by atoms with Crippen molar-refractivity contribution < 1.29 is 27.9 Å². The third-order valence-corrected chi connectivity index (χ3v) is 12.2. The summed E-state index contributed by atoms with van der Waals surface area (Å²) in [4.78, 5) is 33.4. The van der Waals surface area contributed by atoms with Crippen LogP contribution in [-0.4, -0.2) is 73.1 Å². The molecule has 1 atom stereocenters. The zero-order valence-corrected chi connectivity index (χ0v) is 26.4. The number of pyridine rings is 1. The van der Waals surface area contributed by atoms with Gasteiger partial charge in [-0.2, -0.15) is 4.31 Å². The number of carboxylic acid groups (broad SMARTS) is 1.